The molecule has 1 aromatic rings. The molecule has 1 amide bonds. The van der Waals surface area contributed by atoms with Crippen LogP contribution in [0.3, 0.4) is 0 Å². The first-order valence-electron chi connectivity index (χ1n) is 7.70. The smallest absolute Gasteiger partial charge is 0.221 e. The second-order valence-corrected chi connectivity index (χ2v) is 6.44. The fourth-order valence-electron chi connectivity index (χ4n) is 2.22. The Balaban J connectivity index is 0.00000264. The molecule has 0 saturated carbocycles. The minimum absolute atomic E-state index is 0. The molecular formula is C16H24ClFN2O2S. The fourth-order valence-corrected chi connectivity index (χ4v) is 3.17. The van der Waals surface area contributed by atoms with E-state index in [1.807, 2.05) is 11.8 Å². The first kappa shape index (κ1) is 20.1. The normalized spacial score (nSPS) is 17.2. The largest absolute Gasteiger partial charge is 0.494 e. The van der Waals surface area contributed by atoms with Gasteiger partial charge in [-0.05, 0) is 37.1 Å². The number of hydrogen-bond acceptors (Lipinski definition) is 4. The van der Waals surface area contributed by atoms with E-state index in [2.05, 4.69) is 10.6 Å². The zero-order chi connectivity index (χ0) is 15.6. The Bertz CT molecular complexity index is 456. The third-order valence-corrected chi connectivity index (χ3v) is 4.54. The van der Waals surface area contributed by atoms with E-state index in [-0.39, 0.29) is 24.1 Å². The third-order valence-electron chi connectivity index (χ3n) is 3.41. The summed E-state index contributed by atoms with van der Waals surface area (Å²) in [5.74, 6) is 2.66. The predicted octanol–water partition coefficient (Wildman–Crippen LogP) is 2.62. The van der Waals surface area contributed by atoms with Crippen LogP contribution in [0, 0.1) is 5.82 Å². The van der Waals surface area contributed by atoms with Crippen LogP contribution in [-0.2, 0) is 4.79 Å². The number of carbonyl (C=O) groups is 1. The minimum atomic E-state index is -0.263. The Morgan fingerprint density at radius 1 is 1.35 bits per heavy atom. The van der Waals surface area contributed by atoms with Gasteiger partial charge in [0.1, 0.15) is 11.6 Å². The lowest BCUT2D eigenvalue weighted by Gasteiger charge is -2.22. The van der Waals surface area contributed by atoms with Crippen molar-refractivity contribution < 1.29 is 13.9 Å². The SMILES string of the molecule is Cl.O=C(CC1CSCCN1)NCCCCOc1ccc(F)cc1. The Morgan fingerprint density at radius 3 is 2.83 bits per heavy atom. The van der Waals surface area contributed by atoms with Crippen LogP contribution in [0.4, 0.5) is 4.39 Å². The topological polar surface area (TPSA) is 50.4 Å². The van der Waals surface area contributed by atoms with Crippen molar-refractivity contribution in [2.24, 2.45) is 0 Å². The van der Waals surface area contributed by atoms with Crippen LogP contribution in [0.1, 0.15) is 19.3 Å². The number of nitrogens with one attached hydrogen (secondary N) is 2. The van der Waals surface area contributed by atoms with E-state index in [0.29, 0.717) is 31.4 Å². The van der Waals surface area contributed by atoms with E-state index in [9.17, 15) is 9.18 Å². The van der Waals surface area contributed by atoms with Crippen molar-refractivity contribution in [2.75, 3.05) is 31.2 Å². The van der Waals surface area contributed by atoms with E-state index in [1.54, 1.807) is 12.1 Å². The van der Waals surface area contributed by atoms with Crippen molar-refractivity contribution in [1.29, 1.82) is 0 Å². The number of rotatable bonds is 8. The molecule has 4 nitrogen and oxygen atoms in total. The molecule has 1 fully saturated rings. The highest BCUT2D eigenvalue weighted by Crippen LogP contribution is 2.11. The van der Waals surface area contributed by atoms with Crippen LogP contribution < -0.4 is 15.4 Å². The lowest BCUT2D eigenvalue weighted by atomic mass is 10.2. The van der Waals surface area contributed by atoms with Gasteiger partial charge >= 0.3 is 0 Å². The number of thioether (sulfide) groups is 1. The van der Waals surface area contributed by atoms with E-state index >= 15 is 0 Å². The summed E-state index contributed by atoms with van der Waals surface area (Å²) in [4.78, 5) is 11.8. The summed E-state index contributed by atoms with van der Waals surface area (Å²) in [6.07, 6.45) is 2.29. The molecule has 130 valence electrons. The number of unbranched alkanes of at least 4 members (excludes halogenated alkanes) is 1. The third kappa shape index (κ3) is 8.44. The van der Waals surface area contributed by atoms with E-state index < -0.39 is 0 Å². The highest BCUT2D eigenvalue weighted by molar-refractivity contribution is 7.99. The molecule has 0 aromatic heterocycles. The second kappa shape index (κ2) is 11.5. The van der Waals surface area contributed by atoms with E-state index in [1.165, 1.54) is 12.1 Å². The van der Waals surface area contributed by atoms with Gasteiger partial charge in [-0.25, -0.2) is 4.39 Å². The lowest BCUT2D eigenvalue weighted by molar-refractivity contribution is -0.121. The quantitative estimate of drug-likeness (QED) is 0.698. The Morgan fingerprint density at radius 2 is 2.13 bits per heavy atom. The highest BCUT2D eigenvalue weighted by atomic mass is 35.5. The molecule has 1 aliphatic rings. The van der Waals surface area contributed by atoms with Gasteiger partial charge in [-0.1, -0.05) is 0 Å². The molecule has 2 N–H and O–H groups in total. The lowest BCUT2D eigenvalue weighted by Crippen LogP contribution is -2.41. The van der Waals surface area contributed by atoms with Gasteiger partial charge in [-0.2, -0.15) is 11.8 Å². The summed E-state index contributed by atoms with van der Waals surface area (Å²) < 4.78 is 18.2. The Kier molecular flexibility index (Phi) is 10.1. The van der Waals surface area contributed by atoms with Gasteiger partial charge in [0, 0.05) is 37.1 Å². The summed E-state index contributed by atoms with van der Waals surface area (Å²) in [6, 6.07) is 6.30. The van der Waals surface area contributed by atoms with Crippen molar-refractivity contribution in [2.45, 2.75) is 25.3 Å². The van der Waals surface area contributed by atoms with E-state index in [0.717, 1.165) is 30.9 Å². The molecule has 1 atom stereocenters. The highest BCUT2D eigenvalue weighted by Gasteiger charge is 2.16. The van der Waals surface area contributed by atoms with Crippen molar-refractivity contribution in [3.8, 4) is 5.75 Å². The summed E-state index contributed by atoms with van der Waals surface area (Å²) in [6.45, 7) is 2.23. The van der Waals surface area contributed by atoms with Crippen molar-refractivity contribution >= 4 is 30.1 Å². The monoisotopic (exact) mass is 362 g/mol. The van der Waals surface area contributed by atoms with Crippen molar-refractivity contribution in [3.05, 3.63) is 30.1 Å². The first-order valence-corrected chi connectivity index (χ1v) is 8.86. The number of hydrogen-bond donors (Lipinski definition) is 2. The minimum Gasteiger partial charge on any atom is -0.494 e. The number of ether oxygens (including phenoxy) is 1. The average molecular weight is 363 g/mol. The molecule has 1 heterocycles. The molecule has 1 aromatic carbocycles. The molecule has 1 unspecified atom stereocenters. The van der Waals surface area contributed by atoms with Gasteiger partial charge in [0.15, 0.2) is 0 Å². The van der Waals surface area contributed by atoms with Crippen LogP contribution in [0.2, 0.25) is 0 Å². The summed E-state index contributed by atoms with van der Waals surface area (Å²) in [5, 5.41) is 6.30. The summed E-state index contributed by atoms with van der Waals surface area (Å²) >= 11 is 1.90. The molecule has 0 radical (unpaired) electrons. The maximum absolute atomic E-state index is 12.7. The summed E-state index contributed by atoms with van der Waals surface area (Å²) in [5.41, 5.74) is 0. The number of halogens is 2. The van der Waals surface area contributed by atoms with Crippen LogP contribution in [0.5, 0.6) is 5.75 Å². The fraction of sp³-hybridized carbons (Fsp3) is 0.562. The van der Waals surface area contributed by atoms with Gasteiger partial charge in [-0.3, -0.25) is 4.79 Å². The maximum Gasteiger partial charge on any atom is 0.221 e. The molecule has 7 heteroatoms. The number of carbonyl (C=O) groups excluding carboxylic acids is 1. The van der Waals surface area contributed by atoms with Crippen LogP contribution in [0.25, 0.3) is 0 Å². The molecule has 2 rings (SSSR count). The van der Waals surface area contributed by atoms with Crippen LogP contribution in [0.15, 0.2) is 24.3 Å². The number of benzene rings is 1. The first-order chi connectivity index (χ1) is 10.7. The van der Waals surface area contributed by atoms with Crippen molar-refractivity contribution in [1.82, 2.24) is 10.6 Å². The molecule has 23 heavy (non-hydrogen) atoms. The molecule has 0 spiro atoms. The van der Waals surface area contributed by atoms with Gasteiger partial charge in [0.25, 0.3) is 0 Å². The predicted molar refractivity (Wildman–Crippen MR) is 95.1 cm³/mol. The van der Waals surface area contributed by atoms with Gasteiger partial charge < -0.3 is 15.4 Å². The molecule has 1 aliphatic heterocycles. The Hall–Kier alpha value is -0.980. The zero-order valence-corrected chi connectivity index (χ0v) is 14.7. The van der Waals surface area contributed by atoms with Crippen molar-refractivity contribution in [3.63, 3.8) is 0 Å². The van der Waals surface area contributed by atoms with Gasteiger partial charge in [0.2, 0.25) is 5.91 Å². The second-order valence-electron chi connectivity index (χ2n) is 5.29. The molecule has 0 bridgehead atoms. The van der Waals surface area contributed by atoms with Gasteiger partial charge in [0.05, 0.1) is 6.61 Å². The standard InChI is InChI=1S/C16H23FN2O2S.ClH/c17-13-3-5-15(6-4-13)21-9-2-1-7-19-16(20)11-14-12-22-10-8-18-14;/h3-6,14,18H,1-2,7-12H2,(H,19,20);1H. The maximum atomic E-state index is 12.7. The number of amides is 1. The van der Waals surface area contributed by atoms with Crippen LogP contribution >= 0.6 is 24.2 Å². The Labute approximate surface area is 147 Å². The molecular weight excluding hydrogens is 339 g/mol. The average Bonchev–Trinajstić information content (AvgIpc) is 2.53. The summed E-state index contributed by atoms with van der Waals surface area (Å²) in [7, 11) is 0. The van der Waals surface area contributed by atoms with Crippen LogP contribution in [-0.4, -0.2) is 43.2 Å². The van der Waals surface area contributed by atoms with Gasteiger partial charge in [-0.15, -0.1) is 12.4 Å². The molecule has 1 saturated heterocycles. The van der Waals surface area contributed by atoms with E-state index in [4.69, 9.17) is 4.74 Å². The zero-order valence-electron chi connectivity index (χ0n) is 13.1. The molecule has 0 aliphatic carbocycles.